The van der Waals surface area contributed by atoms with Crippen molar-refractivity contribution in [2.24, 2.45) is 5.92 Å². The maximum Gasteiger partial charge on any atom is 0.328 e. The third-order valence-corrected chi connectivity index (χ3v) is 2.72. The number of carbonyl (C=O) groups excluding carboxylic acids is 2. The van der Waals surface area contributed by atoms with E-state index in [0.29, 0.717) is 11.4 Å². The maximum atomic E-state index is 11.8. The van der Waals surface area contributed by atoms with Crippen LogP contribution in [0.4, 0.5) is 5.69 Å². The number of nitrogens with one attached hydrogen (secondary N) is 1. The second-order valence-corrected chi connectivity index (χ2v) is 4.64. The van der Waals surface area contributed by atoms with Crippen LogP contribution in [0.1, 0.15) is 13.8 Å². The molecule has 0 aliphatic heterocycles. The van der Waals surface area contributed by atoms with Crippen LogP contribution in [-0.2, 0) is 14.3 Å². The largest absolute Gasteiger partial charge is 0.482 e. The molecule has 0 aliphatic carbocycles. The van der Waals surface area contributed by atoms with Crippen molar-refractivity contribution in [1.82, 2.24) is 5.32 Å². The zero-order valence-corrected chi connectivity index (χ0v) is 11.9. The molecule has 1 unspecified atom stereocenters. The number of rotatable bonds is 6. The van der Waals surface area contributed by atoms with Crippen molar-refractivity contribution in [2.75, 3.05) is 19.5 Å². The van der Waals surface area contributed by atoms with Gasteiger partial charge in [-0.1, -0.05) is 26.0 Å². The molecule has 6 nitrogen and oxygen atoms in total. The Kier molecular flexibility index (Phi) is 5.83. The number of carbonyl (C=O) groups is 2. The van der Waals surface area contributed by atoms with E-state index in [-0.39, 0.29) is 12.5 Å². The molecule has 0 aliphatic rings. The molecule has 20 heavy (non-hydrogen) atoms. The van der Waals surface area contributed by atoms with Crippen molar-refractivity contribution < 1.29 is 19.1 Å². The molecule has 1 atom stereocenters. The van der Waals surface area contributed by atoms with Gasteiger partial charge in [-0.15, -0.1) is 0 Å². The average Bonchev–Trinajstić information content (AvgIpc) is 2.42. The second-order valence-electron chi connectivity index (χ2n) is 4.64. The van der Waals surface area contributed by atoms with E-state index in [1.54, 1.807) is 24.3 Å². The van der Waals surface area contributed by atoms with Crippen LogP contribution in [-0.4, -0.2) is 31.6 Å². The van der Waals surface area contributed by atoms with Gasteiger partial charge in [0.15, 0.2) is 6.61 Å². The first-order chi connectivity index (χ1) is 9.45. The Morgan fingerprint density at radius 1 is 1.30 bits per heavy atom. The summed E-state index contributed by atoms with van der Waals surface area (Å²) in [5.41, 5.74) is 6.15. The normalized spacial score (nSPS) is 11.8. The van der Waals surface area contributed by atoms with Crippen molar-refractivity contribution >= 4 is 17.6 Å². The van der Waals surface area contributed by atoms with Gasteiger partial charge in [-0.3, -0.25) is 4.79 Å². The number of methoxy groups -OCH3 is 1. The molecule has 0 spiro atoms. The fraction of sp³-hybridized carbons (Fsp3) is 0.429. The fourth-order valence-electron chi connectivity index (χ4n) is 1.60. The first-order valence-electron chi connectivity index (χ1n) is 6.30. The molecule has 0 heterocycles. The minimum atomic E-state index is -0.691. The van der Waals surface area contributed by atoms with E-state index in [1.165, 1.54) is 7.11 Å². The van der Waals surface area contributed by atoms with Gasteiger partial charge in [0.25, 0.3) is 5.91 Å². The number of esters is 1. The Morgan fingerprint density at radius 3 is 2.50 bits per heavy atom. The molecule has 6 heteroatoms. The van der Waals surface area contributed by atoms with Crippen LogP contribution in [0.15, 0.2) is 24.3 Å². The van der Waals surface area contributed by atoms with E-state index < -0.39 is 17.9 Å². The summed E-state index contributed by atoms with van der Waals surface area (Å²) in [4.78, 5) is 23.3. The Morgan fingerprint density at radius 2 is 1.95 bits per heavy atom. The topological polar surface area (TPSA) is 90.6 Å². The summed E-state index contributed by atoms with van der Waals surface area (Å²) in [6, 6.07) is 6.19. The van der Waals surface area contributed by atoms with E-state index in [9.17, 15) is 9.59 Å². The van der Waals surface area contributed by atoms with Gasteiger partial charge in [-0.25, -0.2) is 4.79 Å². The summed E-state index contributed by atoms with van der Waals surface area (Å²) < 4.78 is 9.95. The summed E-state index contributed by atoms with van der Waals surface area (Å²) >= 11 is 0. The van der Waals surface area contributed by atoms with E-state index in [1.807, 2.05) is 13.8 Å². The highest BCUT2D eigenvalue weighted by Gasteiger charge is 2.24. The number of nitrogens with two attached hydrogens (primary N) is 1. The van der Waals surface area contributed by atoms with Gasteiger partial charge < -0.3 is 20.5 Å². The zero-order chi connectivity index (χ0) is 15.1. The molecule has 0 saturated heterocycles. The van der Waals surface area contributed by atoms with Crippen molar-refractivity contribution in [3.63, 3.8) is 0 Å². The first kappa shape index (κ1) is 15.8. The van der Waals surface area contributed by atoms with Crippen LogP contribution in [0.2, 0.25) is 0 Å². The fourth-order valence-corrected chi connectivity index (χ4v) is 1.60. The number of hydrogen-bond acceptors (Lipinski definition) is 5. The molecule has 0 aromatic heterocycles. The van der Waals surface area contributed by atoms with E-state index in [4.69, 9.17) is 10.5 Å². The Labute approximate surface area is 118 Å². The Hall–Kier alpha value is -2.24. The zero-order valence-electron chi connectivity index (χ0n) is 11.9. The van der Waals surface area contributed by atoms with Gasteiger partial charge in [-0.05, 0) is 18.1 Å². The minimum absolute atomic E-state index is 0.0757. The monoisotopic (exact) mass is 280 g/mol. The quantitative estimate of drug-likeness (QED) is 0.598. The number of anilines is 1. The molecule has 1 amide bonds. The number of hydrogen-bond donors (Lipinski definition) is 2. The molecule has 1 aromatic carbocycles. The number of amides is 1. The number of nitrogen functional groups attached to an aromatic ring is 1. The predicted molar refractivity (Wildman–Crippen MR) is 75.1 cm³/mol. The Bertz CT molecular complexity index is 474. The minimum Gasteiger partial charge on any atom is -0.482 e. The number of benzene rings is 1. The lowest BCUT2D eigenvalue weighted by atomic mass is 10.0. The molecule has 0 fully saturated rings. The van der Waals surface area contributed by atoms with Gasteiger partial charge in [-0.2, -0.15) is 0 Å². The summed E-state index contributed by atoms with van der Waals surface area (Å²) in [7, 11) is 1.28. The van der Waals surface area contributed by atoms with Crippen molar-refractivity contribution in [1.29, 1.82) is 0 Å². The third kappa shape index (κ3) is 4.46. The molecular formula is C14H20N2O4. The van der Waals surface area contributed by atoms with Crippen LogP contribution < -0.4 is 15.8 Å². The smallest absolute Gasteiger partial charge is 0.328 e. The maximum absolute atomic E-state index is 11.8. The van der Waals surface area contributed by atoms with Gasteiger partial charge in [0.2, 0.25) is 0 Å². The van der Waals surface area contributed by atoms with E-state index in [0.717, 1.165) is 0 Å². The lowest BCUT2D eigenvalue weighted by molar-refractivity contribution is -0.146. The predicted octanol–water partition coefficient (Wildman–Crippen LogP) is 0.961. The van der Waals surface area contributed by atoms with Crippen molar-refractivity contribution in [3.8, 4) is 5.75 Å². The summed E-state index contributed by atoms with van der Waals surface area (Å²) in [6.07, 6.45) is 0. The van der Waals surface area contributed by atoms with Gasteiger partial charge in [0, 0.05) is 0 Å². The molecule has 110 valence electrons. The lowest BCUT2D eigenvalue weighted by Crippen LogP contribution is -2.46. The number of ether oxygens (including phenoxy) is 2. The van der Waals surface area contributed by atoms with Crippen LogP contribution in [0.25, 0.3) is 0 Å². The summed E-state index contributed by atoms with van der Waals surface area (Å²) in [6.45, 7) is 3.42. The SMILES string of the molecule is COC(=O)C(NC(=O)COc1ccccc1N)C(C)C. The highest BCUT2D eigenvalue weighted by Crippen LogP contribution is 2.19. The molecular weight excluding hydrogens is 260 g/mol. The van der Waals surface area contributed by atoms with Crippen LogP contribution >= 0.6 is 0 Å². The second kappa shape index (κ2) is 7.37. The summed E-state index contributed by atoms with van der Waals surface area (Å²) in [5.74, 6) is -0.528. The van der Waals surface area contributed by atoms with Gasteiger partial charge >= 0.3 is 5.97 Å². The van der Waals surface area contributed by atoms with Gasteiger partial charge in [0.05, 0.1) is 12.8 Å². The molecule has 1 aromatic rings. The third-order valence-electron chi connectivity index (χ3n) is 2.72. The van der Waals surface area contributed by atoms with Crippen molar-refractivity contribution in [3.05, 3.63) is 24.3 Å². The lowest BCUT2D eigenvalue weighted by Gasteiger charge is -2.19. The highest BCUT2D eigenvalue weighted by atomic mass is 16.5. The highest BCUT2D eigenvalue weighted by molar-refractivity contribution is 5.85. The van der Waals surface area contributed by atoms with Crippen LogP contribution in [0, 0.1) is 5.92 Å². The molecule has 3 N–H and O–H groups in total. The Balaban J connectivity index is 2.55. The van der Waals surface area contributed by atoms with Crippen LogP contribution in [0.5, 0.6) is 5.75 Å². The molecule has 0 bridgehead atoms. The van der Waals surface area contributed by atoms with Crippen molar-refractivity contribution in [2.45, 2.75) is 19.9 Å². The average molecular weight is 280 g/mol. The summed E-state index contributed by atoms with van der Waals surface area (Å²) in [5, 5.41) is 2.58. The van der Waals surface area contributed by atoms with E-state index >= 15 is 0 Å². The molecule has 0 radical (unpaired) electrons. The molecule has 0 saturated carbocycles. The van der Waals surface area contributed by atoms with Gasteiger partial charge in [0.1, 0.15) is 11.8 Å². The van der Waals surface area contributed by atoms with E-state index in [2.05, 4.69) is 10.1 Å². The standard InChI is InChI=1S/C14H20N2O4/c1-9(2)13(14(18)19-3)16-12(17)8-20-11-7-5-4-6-10(11)15/h4-7,9,13H,8,15H2,1-3H3,(H,16,17). The molecule has 1 rings (SSSR count). The van der Waals surface area contributed by atoms with Crippen LogP contribution in [0.3, 0.4) is 0 Å². The first-order valence-corrected chi connectivity index (χ1v) is 6.30. The number of para-hydroxylation sites is 2.